The Bertz CT molecular complexity index is 1310. The van der Waals surface area contributed by atoms with Gasteiger partial charge in [0.2, 0.25) is 0 Å². The number of nitrogens with zero attached hydrogens (tertiary/aromatic N) is 1. The second-order valence-corrected chi connectivity index (χ2v) is 10.3. The van der Waals surface area contributed by atoms with Crippen LogP contribution in [0.5, 0.6) is 5.75 Å². The van der Waals surface area contributed by atoms with Crippen molar-refractivity contribution in [1.29, 1.82) is 0 Å². The highest BCUT2D eigenvalue weighted by Crippen LogP contribution is 2.43. The summed E-state index contributed by atoms with van der Waals surface area (Å²) in [6.07, 6.45) is 1.69. The van der Waals surface area contributed by atoms with E-state index in [1.54, 1.807) is 23.1 Å². The summed E-state index contributed by atoms with van der Waals surface area (Å²) in [6, 6.07) is 16.5. The van der Waals surface area contributed by atoms with E-state index in [-0.39, 0.29) is 17.4 Å². The molecule has 0 radical (unpaired) electrons. The molecule has 6 nitrogen and oxygen atoms in total. The number of aryl methyl sites for hydroxylation is 2. The second-order valence-electron chi connectivity index (χ2n) is 9.31. The summed E-state index contributed by atoms with van der Waals surface area (Å²) in [5, 5.41) is 13.3. The molecule has 2 aliphatic rings. The molecule has 1 aromatic heterocycles. The number of ether oxygens (including phenoxy) is 2. The number of aliphatic hydroxyl groups is 1. The quantitative estimate of drug-likeness (QED) is 0.260. The van der Waals surface area contributed by atoms with Crippen molar-refractivity contribution >= 4 is 28.8 Å². The van der Waals surface area contributed by atoms with Crippen LogP contribution in [0, 0.1) is 13.8 Å². The lowest BCUT2D eigenvalue weighted by Gasteiger charge is -2.27. The van der Waals surface area contributed by atoms with Crippen molar-refractivity contribution in [3.05, 3.63) is 92.7 Å². The summed E-state index contributed by atoms with van der Waals surface area (Å²) < 4.78 is 11.7. The van der Waals surface area contributed by atoms with Crippen LogP contribution in [0.25, 0.3) is 5.76 Å². The first-order valence-corrected chi connectivity index (χ1v) is 13.0. The minimum Gasteiger partial charge on any atom is -0.507 e. The summed E-state index contributed by atoms with van der Waals surface area (Å²) in [5.74, 6) is -0.728. The lowest BCUT2D eigenvalue weighted by molar-refractivity contribution is -0.140. The number of Topliss-reactive ketones (excluding diaryl/α,β-unsaturated/α-hetero) is 1. The number of amides is 1. The first-order valence-electron chi connectivity index (χ1n) is 12.2. The van der Waals surface area contributed by atoms with E-state index in [2.05, 4.69) is 0 Å². The molecule has 2 atom stereocenters. The predicted octanol–water partition coefficient (Wildman–Crippen LogP) is 5.54. The van der Waals surface area contributed by atoms with Crippen molar-refractivity contribution < 1.29 is 24.2 Å². The van der Waals surface area contributed by atoms with Crippen LogP contribution in [0.3, 0.4) is 0 Å². The Morgan fingerprint density at radius 3 is 2.58 bits per heavy atom. The smallest absolute Gasteiger partial charge is 0.295 e. The van der Waals surface area contributed by atoms with Crippen molar-refractivity contribution in [2.24, 2.45) is 0 Å². The van der Waals surface area contributed by atoms with Crippen LogP contribution in [-0.4, -0.2) is 41.0 Å². The van der Waals surface area contributed by atoms with Crippen molar-refractivity contribution in [2.45, 2.75) is 45.4 Å². The van der Waals surface area contributed by atoms with Gasteiger partial charge in [-0.3, -0.25) is 9.59 Å². The Labute approximate surface area is 214 Å². The van der Waals surface area contributed by atoms with Crippen molar-refractivity contribution in [2.75, 3.05) is 13.2 Å². The number of carbonyl (C=O) groups excluding carboxylic acids is 2. The highest BCUT2D eigenvalue weighted by Gasteiger charge is 2.48. The van der Waals surface area contributed by atoms with Crippen molar-refractivity contribution in [3.63, 3.8) is 0 Å². The van der Waals surface area contributed by atoms with Gasteiger partial charge in [0.15, 0.2) is 0 Å². The zero-order valence-electron chi connectivity index (χ0n) is 20.4. The highest BCUT2D eigenvalue weighted by molar-refractivity contribution is 7.10. The number of rotatable bonds is 7. The van der Waals surface area contributed by atoms with Gasteiger partial charge < -0.3 is 19.5 Å². The highest BCUT2D eigenvalue weighted by atomic mass is 32.1. The van der Waals surface area contributed by atoms with Gasteiger partial charge in [0.05, 0.1) is 17.7 Å². The van der Waals surface area contributed by atoms with Crippen molar-refractivity contribution in [1.82, 2.24) is 4.90 Å². The third-order valence-corrected chi connectivity index (χ3v) is 7.87. The van der Waals surface area contributed by atoms with Crippen LogP contribution in [-0.2, 0) is 20.9 Å². The van der Waals surface area contributed by atoms with E-state index in [0.717, 1.165) is 34.4 Å². The van der Waals surface area contributed by atoms with Gasteiger partial charge in [0.1, 0.15) is 18.1 Å². The molecule has 2 fully saturated rings. The molecular formula is C29H29NO5S. The molecule has 2 aromatic carbocycles. The average molecular weight is 504 g/mol. The van der Waals surface area contributed by atoms with E-state index >= 15 is 0 Å². The summed E-state index contributed by atoms with van der Waals surface area (Å²) >= 11 is 1.49. The minimum absolute atomic E-state index is 0.102. The molecule has 2 unspecified atom stereocenters. The zero-order chi connectivity index (χ0) is 25.2. The zero-order valence-corrected chi connectivity index (χ0v) is 21.2. The lowest BCUT2D eigenvalue weighted by Crippen LogP contribution is -2.36. The van der Waals surface area contributed by atoms with E-state index in [4.69, 9.17) is 9.47 Å². The molecule has 0 saturated carbocycles. The second kappa shape index (κ2) is 10.3. The molecule has 1 amide bonds. The van der Waals surface area contributed by atoms with Gasteiger partial charge in [-0.05, 0) is 73.0 Å². The molecule has 186 valence electrons. The number of hydrogen-bond acceptors (Lipinski definition) is 6. The van der Waals surface area contributed by atoms with Crippen LogP contribution in [0.1, 0.15) is 46.0 Å². The summed E-state index contributed by atoms with van der Waals surface area (Å²) in [4.78, 5) is 28.9. The standard InChI is InChI=1S/C29H29NO5S/c1-18-12-14-36-28(18)25-24(27(32)29(33)30(25)16-22-9-6-13-34-22)26(31)21-10-11-23(19(2)15-21)35-17-20-7-4-3-5-8-20/h3-5,7-8,10-12,14-15,22,25,31H,6,9,13,16-17H2,1-2H3/b26-24-. The van der Waals surface area contributed by atoms with Gasteiger partial charge in [-0.1, -0.05) is 30.3 Å². The first-order chi connectivity index (χ1) is 17.4. The number of hydrogen-bond donors (Lipinski definition) is 1. The molecular weight excluding hydrogens is 474 g/mol. The fraction of sp³-hybridized carbons (Fsp3) is 0.310. The molecule has 2 aliphatic heterocycles. The number of benzene rings is 2. The molecule has 1 N–H and O–H groups in total. The Kier molecular flexibility index (Phi) is 6.94. The minimum atomic E-state index is -0.662. The van der Waals surface area contributed by atoms with Gasteiger partial charge in [-0.25, -0.2) is 0 Å². The van der Waals surface area contributed by atoms with Crippen LogP contribution in [0.4, 0.5) is 0 Å². The molecule has 3 aromatic rings. The van der Waals surface area contributed by atoms with Crippen LogP contribution in [0.2, 0.25) is 0 Å². The molecule has 36 heavy (non-hydrogen) atoms. The van der Waals surface area contributed by atoms with E-state index < -0.39 is 17.7 Å². The number of aliphatic hydroxyl groups excluding tert-OH is 1. The Morgan fingerprint density at radius 2 is 1.92 bits per heavy atom. The van der Waals surface area contributed by atoms with E-state index in [1.807, 2.05) is 55.6 Å². The Balaban J connectivity index is 1.48. The first kappa shape index (κ1) is 24.3. The van der Waals surface area contributed by atoms with Gasteiger partial charge in [-0.15, -0.1) is 11.3 Å². The van der Waals surface area contributed by atoms with Crippen LogP contribution < -0.4 is 4.74 Å². The topological polar surface area (TPSA) is 76.1 Å². The number of likely N-dealkylation sites (tertiary alicyclic amines) is 1. The lowest BCUT2D eigenvalue weighted by atomic mass is 9.97. The normalized spacial score (nSPS) is 21.3. The maximum atomic E-state index is 13.3. The van der Waals surface area contributed by atoms with Gasteiger partial charge in [-0.2, -0.15) is 0 Å². The van der Waals surface area contributed by atoms with Gasteiger partial charge in [0.25, 0.3) is 11.7 Å². The fourth-order valence-electron chi connectivity index (χ4n) is 4.86. The van der Waals surface area contributed by atoms with E-state index in [1.165, 1.54) is 11.3 Å². The maximum Gasteiger partial charge on any atom is 0.295 e. The van der Waals surface area contributed by atoms with Crippen LogP contribution in [0.15, 0.2) is 65.6 Å². The SMILES string of the molecule is Cc1cc(/C(O)=C2/C(=O)C(=O)N(CC3CCCO3)C2c2sccc2C)ccc1OCc1ccccc1. The molecule has 0 aliphatic carbocycles. The molecule has 5 rings (SSSR count). The maximum absolute atomic E-state index is 13.3. The van der Waals surface area contributed by atoms with Crippen molar-refractivity contribution in [3.8, 4) is 5.75 Å². The van der Waals surface area contributed by atoms with Crippen LogP contribution >= 0.6 is 11.3 Å². The third-order valence-electron chi connectivity index (χ3n) is 6.80. The summed E-state index contributed by atoms with van der Waals surface area (Å²) in [7, 11) is 0. The Hall–Kier alpha value is -3.42. The average Bonchev–Trinajstić information content (AvgIpc) is 3.61. The van der Waals surface area contributed by atoms with Gasteiger partial charge in [0, 0.05) is 23.6 Å². The van der Waals surface area contributed by atoms with Gasteiger partial charge >= 0.3 is 0 Å². The number of ketones is 1. The summed E-state index contributed by atoms with van der Waals surface area (Å²) in [6.45, 7) is 5.28. The summed E-state index contributed by atoms with van der Waals surface area (Å²) in [5.41, 5.74) is 3.47. The number of thiophene rings is 1. The predicted molar refractivity (Wildman–Crippen MR) is 139 cm³/mol. The molecule has 3 heterocycles. The monoisotopic (exact) mass is 503 g/mol. The fourth-order valence-corrected chi connectivity index (χ4v) is 5.91. The molecule has 7 heteroatoms. The largest absolute Gasteiger partial charge is 0.507 e. The molecule has 0 spiro atoms. The number of carbonyl (C=O) groups is 2. The molecule has 0 bridgehead atoms. The van der Waals surface area contributed by atoms with E-state index in [0.29, 0.717) is 31.1 Å². The molecule has 2 saturated heterocycles. The Morgan fingerprint density at radius 1 is 1.11 bits per heavy atom. The third kappa shape index (κ3) is 4.68. The van der Waals surface area contributed by atoms with E-state index in [9.17, 15) is 14.7 Å².